The van der Waals surface area contributed by atoms with Gasteiger partial charge in [0, 0.05) is 30.0 Å². The highest BCUT2D eigenvalue weighted by molar-refractivity contribution is 5.48. The first kappa shape index (κ1) is 22.2. The number of hydrogen-bond donors (Lipinski definition) is 2. The van der Waals surface area contributed by atoms with E-state index in [1.54, 1.807) is 25.9 Å². The second-order valence-electron chi connectivity index (χ2n) is 6.82. The van der Waals surface area contributed by atoms with E-state index in [9.17, 15) is 20.0 Å². The van der Waals surface area contributed by atoms with E-state index < -0.39 is 22.7 Å². The zero-order valence-corrected chi connectivity index (χ0v) is 16.3. The Bertz CT molecular complexity index is 828. The molecule has 0 aliphatic carbocycles. The van der Waals surface area contributed by atoms with Gasteiger partial charge in [-0.15, -0.1) is 0 Å². The zero-order chi connectivity index (χ0) is 21.4. The highest BCUT2D eigenvalue weighted by Gasteiger charge is 2.43. The fraction of sp³-hybridized carbons (Fsp3) is 0.400. The van der Waals surface area contributed by atoms with Crippen molar-refractivity contribution in [2.24, 2.45) is 0 Å². The van der Waals surface area contributed by atoms with Crippen molar-refractivity contribution in [1.82, 2.24) is 5.32 Å². The largest absolute Gasteiger partial charge is 0.490 e. The Morgan fingerprint density at radius 3 is 2.90 bits per heavy atom. The molecule has 156 valence electrons. The molecule has 1 aliphatic rings. The molecule has 2 atom stereocenters. The van der Waals surface area contributed by atoms with Crippen molar-refractivity contribution in [2.75, 3.05) is 19.8 Å². The van der Waals surface area contributed by atoms with E-state index in [0.29, 0.717) is 17.1 Å². The first-order valence-electron chi connectivity index (χ1n) is 8.91. The first-order valence-corrected chi connectivity index (χ1v) is 8.91. The molecule has 2 N–H and O–H groups in total. The van der Waals surface area contributed by atoms with Crippen molar-refractivity contribution in [2.45, 2.75) is 31.6 Å². The standard InChI is InChI=1S/C20H24N2O7/c1-4-9-28-15(13-27-10-5-8-23)12-21-18-16-11-14(22(25)26)6-7-17(16)29-20(2,3)19(18)24/h4-7,11-12,18-19,21,24H,1,9-10,13H2,2-3H3/b15-12+/t18-,19+/m0/s1. The van der Waals surface area contributed by atoms with Gasteiger partial charge in [0.1, 0.15) is 42.4 Å². The lowest BCUT2D eigenvalue weighted by Gasteiger charge is -2.42. The number of rotatable bonds is 10. The molecule has 1 aliphatic heterocycles. The number of ether oxygens (including phenoxy) is 3. The Hall–Kier alpha value is -3.13. The SMILES string of the molecule is C=CCO/C(=C/N[C@H]1c2cc([N+](=O)[O-])ccc2OC(C)(C)[C@@H]1O)COCC=C=O. The predicted octanol–water partition coefficient (Wildman–Crippen LogP) is 2.21. The van der Waals surface area contributed by atoms with Crippen LogP contribution in [0, 0.1) is 10.1 Å². The van der Waals surface area contributed by atoms with Gasteiger partial charge in [0.15, 0.2) is 0 Å². The molecular weight excluding hydrogens is 380 g/mol. The van der Waals surface area contributed by atoms with Crippen molar-refractivity contribution in [3.63, 3.8) is 0 Å². The molecule has 0 saturated heterocycles. The zero-order valence-electron chi connectivity index (χ0n) is 16.3. The predicted molar refractivity (Wildman–Crippen MR) is 105 cm³/mol. The lowest BCUT2D eigenvalue weighted by atomic mass is 9.86. The quantitative estimate of drug-likeness (QED) is 0.152. The maximum atomic E-state index is 11.2. The van der Waals surface area contributed by atoms with Gasteiger partial charge in [-0.05, 0) is 19.9 Å². The van der Waals surface area contributed by atoms with Crippen LogP contribution in [0.3, 0.4) is 0 Å². The van der Waals surface area contributed by atoms with Gasteiger partial charge in [-0.25, -0.2) is 4.79 Å². The summed E-state index contributed by atoms with van der Waals surface area (Å²) in [6.45, 7) is 7.40. The van der Waals surface area contributed by atoms with Crippen molar-refractivity contribution in [3.05, 3.63) is 64.6 Å². The number of nitro benzene ring substituents is 1. The minimum atomic E-state index is -1.01. The van der Waals surface area contributed by atoms with Gasteiger partial charge in [0.25, 0.3) is 5.69 Å². The fourth-order valence-electron chi connectivity index (χ4n) is 2.81. The van der Waals surface area contributed by atoms with E-state index in [2.05, 4.69) is 11.9 Å². The third-order valence-electron chi connectivity index (χ3n) is 4.28. The number of non-ortho nitro benzene ring substituents is 1. The van der Waals surface area contributed by atoms with E-state index >= 15 is 0 Å². The number of fused-ring (bicyclic) bond motifs is 1. The van der Waals surface area contributed by atoms with Crippen molar-refractivity contribution in [1.29, 1.82) is 0 Å². The van der Waals surface area contributed by atoms with Crippen LogP contribution in [0.1, 0.15) is 25.5 Å². The second-order valence-corrected chi connectivity index (χ2v) is 6.82. The van der Waals surface area contributed by atoms with Gasteiger partial charge in [-0.3, -0.25) is 10.1 Å². The molecule has 2 rings (SSSR count). The number of benzene rings is 1. The fourth-order valence-corrected chi connectivity index (χ4v) is 2.81. The van der Waals surface area contributed by atoms with E-state index in [-0.39, 0.29) is 25.5 Å². The van der Waals surface area contributed by atoms with Crippen LogP contribution >= 0.6 is 0 Å². The Kier molecular flexibility index (Phi) is 7.55. The van der Waals surface area contributed by atoms with Crippen LogP contribution in [-0.2, 0) is 14.3 Å². The van der Waals surface area contributed by atoms with Crippen molar-refractivity contribution < 1.29 is 29.0 Å². The monoisotopic (exact) mass is 404 g/mol. The summed E-state index contributed by atoms with van der Waals surface area (Å²) < 4.78 is 16.6. The highest BCUT2D eigenvalue weighted by Crippen LogP contribution is 2.41. The molecule has 0 spiro atoms. The summed E-state index contributed by atoms with van der Waals surface area (Å²) in [4.78, 5) is 20.9. The van der Waals surface area contributed by atoms with E-state index in [0.717, 1.165) is 0 Å². The summed E-state index contributed by atoms with van der Waals surface area (Å²) in [6, 6.07) is 3.55. The van der Waals surface area contributed by atoms with Gasteiger partial charge in [0.05, 0.1) is 17.6 Å². The molecule has 0 aromatic heterocycles. The maximum absolute atomic E-state index is 11.2. The number of aliphatic hydroxyl groups is 1. The van der Waals surface area contributed by atoms with Crippen LogP contribution < -0.4 is 10.1 Å². The van der Waals surface area contributed by atoms with Crippen LogP contribution in [0.15, 0.2) is 48.9 Å². The molecule has 0 radical (unpaired) electrons. The lowest BCUT2D eigenvalue weighted by molar-refractivity contribution is -0.385. The minimum absolute atomic E-state index is 0.0591. The number of nitrogens with one attached hydrogen (secondary N) is 1. The maximum Gasteiger partial charge on any atom is 0.270 e. The molecule has 29 heavy (non-hydrogen) atoms. The molecule has 9 heteroatoms. The number of hydrogen-bond acceptors (Lipinski definition) is 8. The lowest BCUT2D eigenvalue weighted by Crippen LogP contribution is -2.51. The van der Waals surface area contributed by atoms with Gasteiger partial charge < -0.3 is 24.6 Å². The van der Waals surface area contributed by atoms with Crippen LogP contribution in [0.25, 0.3) is 0 Å². The summed E-state index contributed by atoms with van der Waals surface area (Å²) in [5.41, 5.74) is -0.584. The second kappa shape index (κ2) is 9.88. The molecule has 0 fully saturated rings. The summed E-state index contributed by atoms with van der Waals surface area (Å²) in [6.07, 6.45) is 3.27. The Labute approximate surface area is 168 Å². The number of nitro groups is 1. The Morgan fingerprint density at radius 1 is 1.48 bits per heavy atom. The topological polar surface area (TPSA) is 120 Å². The van der Waals surface area contributed by atoms with E-state index in [1.165, 1.54) is 30.5 Å². The summed E-state index contributed by atoms with van der Waals surface area (Å²) >= 11 is 0. The number of nitrogens with zero attached hydrogens (tertiary/aromatic N) is 1. The van der Waals surface area contributed by atoms with Gasteiger partial charge in [-0.1, -0.05) is 12.7 Å². The third-order valence-corrected chi connectivity index (χ3v) is 4.28. The number of aliphatic hydroxyl groups excluding tert-OH is 1. The summed E-state index contributed by atoms with van der Waals surface area (Å²) in [5.74, 6) is 2.45. The molecular formula is C20H24N2O7. The van der Waals surface area contributed by atoms with Gasteiger partial charge in [0.2, 0.25) is 0 Å². The van der Waals surface area contributed by atoms with Crippen LogP contribution in [0.4, 0.5) is 5.69 Å². The first-order chi connectivity index (χ1) is 13.8. The smallest absolute Gasteiger partial charge is 0.270 e. The Balaban J connectivity index is 2.30. The molecule has 0 unspecified atom stereocenters. The van der Waals surface area contributed by atoms with Crippen LogP contribution in [-0.4, -0.2) is 47.5 Å². The summed E-state index contributed by atoms with van der Waals surface area (Å²) in [5, 5.41) is 25.0. The normalized spacial score (nSPS) is 19.9. The molecule has 9 nitrogen and oxygen atoms in total. The van der Waals surface area contributed by atoms with Crippen molar-refractivity contribution >= 4 is 11.6 Å². The minimum Gasteiger partial charge on any atom is -0.490 e. The molecule has 0 bridgehead atoms. The molecule has 0 amide bonds. The number of carbonyl (C=O) groups excluding carboxylic acids is 1. The average Bonchev–Trinajstić information content (AvgIpc) is 2.68. The average molecular weight is 404 g/mol. The highest BCUT2D eigenvalue weighted by atomic mass is 16.6. The van der Waals surface area contributed by atoms with Crippen LogP contribution in [0.2, 0.25) is 0 Å². The third kappa shape index (κ3) is 5.68. The van der Waals surface area contributed by atoms with E-state index in [4.69, 9.17) is 14.2 Å². The van der Waals surface area contributed by atoms with Crippen LogP contribution in [0.5, 0.6) is 5.75 Å². The molecule has 1 heterocycles. The van der Waals surface area contributed by atoms with Gasteiger partial charge in [-0.2, -0.15) is 0 Å². The Morgan fingerprint density at radius 2 is 2.24 bits per heavy atom. The molecule has 1 aromatic rings. The molecule has 0 saturated carbocycles. The van der Waals surface area contributed by atoms with E-state index in [1.807, 2.05) is 0 Å². The van der Waals surface area contributed by atoms with Crippen molar-refractivity contribution in [3.8, 4) is 5.75 Å². The molecule has 1 aromatic carbocycles. The van der Waals surface area contributed by atoms with Gasteiger partial charge >= 0.3 is 0 Å². The summed E-state index contributed by atoms with van der Waals surface area (Å²) in [7, 11) is 0.